The lowest BCUT2D eigenvalue weighted by molar-refractivity contribution is 0.0725. The van der Waals surface area contributed by atoms with Gasteiger partial charge in [0.1, 0.15) is 11.5 Å². The Morgan fingerprint density at radius 3 is 2.80 bits per heavy atom. The zero-order chi connectivity index (χ0) is 20.7. The Hall–Kier alpha value is -3.88. The molecule has 150 valence electrons. The van der Waals surface area contributed by atoms with Crippen LogP contribution in [0.15, 0.2) is 53.1 Å². The first-order valence-corrected chi connectivity index (χ1v) is 9.53. The second-order valence-electron chi connectivity index (χ2n) is 7.10. The molecule has 8 nitrogen and oxygen atoms in total. The van der Waals surface area contributed by atoms with Gasteiger partial charge in [0.05, 0.1) is 6.04 Å². The molecule has 0 bridgehead atoms. The number of anilines is 1. The van der Waals surface area contributed by atoms with Crippen LogP contribution in [0.3, 0.4) is 0 Å². The fourth-order valence-electron chi connectivity index (χ4n) is 3.80. The third-order valence-corrected chi connectivity index (χ3v) is 5.24. The number of halogens is 1. The number of carbonyl (C=O) groups excluding carboxylic acids is 1. The van der Waals surface area contributed by atoms with E-state index in [-0.39, 0.29) is 23.5 Å². The van der Waals surface area contributed by atoms with Crippen molar-refractivity contribution in [2.45, 2.75) is 18.9 Å². The van der Waals surface area contributed by atoms with E-state index in [9.17, 15) is 9.18 Å². The summed E-state index contributed by atoms with van der Waals surface area (Å²) in [6.45, 7) is 0.514. The summed E-state index contributed by atoms with van der Waals surface area (Å²) in [5.74, 6) is -0.399. The van der Waals surface area contributed by atoms with Crippen molar-refractivity contribution in [3.05, 3.63) is 65.7 Å². The van der Waals surface area contributed by atoms with Crippen LogP contribution in [0.1, 0.15) is 35.1 Å². The lowest BCUT2D eigenvalue weighted by Crippen LogP contribution is -2.32. The summed E-state index contributed by atoms with van der Waals surface area (Å²) in [6.07, 6.45) is 1.49. The maximum Gasteiger partial charge on any atom is 0.278 e. The largest absolute Gasteiger partial charge is 0.382 e. The molecule has 5 rings (SSSR count). The maximum absolute atomic E-state index is 13.5. The number of benzene rings is 2. The van der Waals surface area contributed by atoms with Crippen molar-refractivity contribution in [1.29, 1.82) is 0 Å². The number of nitrogens with two attached hydrogens (primary N) is 1. The average molecular weight is 404 g/mol. The molecular formula is C21H17FN6O2. The van der Waals surface area contributed by atoms with E-state index in [2.05, 4.69) is 20.3 Å². The minimum Gasteiger partial charge on any atom is -0.382 e. The molecule has 1 saturated heterocycles. The van der Waals surface area contributed by atoms with Gasteiger partial charge in [0.25, 0.3) is 5.91 Å². The molecule has 2 aromatic carbocycles. The smallest absolute Gasteiger partial charge is 0.278 e. The van der Waals surface area contributed by atoms with E-state index in [4.69, 9.17) is 10.3 Å². The summed E-state index contributed by atoms with van der Waals surface area (Å²) in [5, 5.41) is 12.9. The molecular weight excluding hydrogens is 387 g/mol. The third-order valence-electron chi connectivity index (χ3n) is 5.24. The zero-order valence-corrected chi connectivity index (χ0v) is 15.8. The van der Waals surface area contributed by atoms with Crippen molar-refractivity contribution >= 4 is 22.7 Å². The maximum atomic E-state index is 13.5. The van der Waals surface area contributed by atoms with Gasteiger partial charge < -0.3 is 15.2 Å². The van der Waals surface area contributed by atoms with Gasteiger partial charge in [0, 0.05) is 23.6 Å². The van der Waals surface area contributed by atoms with Gasteiger partial charge >= 0.3 is 0 Å². The standard InChI is InChI=1S/C21H17FN6O2/c22-13-8-9-14-16(11-13)30-27-17(14)15-7-4-10-28(15)21(29)18-19(23)24-20(26-25-18)12-5-2-1-3-6-12/h1-3,5-6,8-9,11,15H,4,7,10H2,(H2,23,24,26). The quantitative estimate of drug-likeness (QED) is 0.557. The predicted molar refractivity (Wildman–Crippen MR) is 107 cm³/mol. The van der Waals surface area contributed by atoms with Crippen molar-refractivity contribution in [1.82, 2.24) is 25.2 Å². The van der Waals surface area contributed by atoms with Crippen LogP contribution in [0.5, 0.6) is 0 Å². The van der Waals surface area contributed by atoms with Crippen LogP contribution < -0.4 is 5.73 Å². The Morgan fingerprint density at radius 1 is 1.17 bits per heavy atom. The highest BCUT2D eigenvalue weighted by Crippen LogP contribution is 2.36. The fraction of sp³-hybridized carbons (Fsp3) is 0.190. The molecule has 1 atom stereocenters. The molecule has 0 spiro atoms. The van der Waals surface area contributed by atoms with Gasteiger partial charge in [0.2, 0.25) is 0 Å². The molecule has 1 amide bonds. The minimum absolute atomic E-state index is 0.000394. The second kappa shape index (κ2) is 7.18. The number of carbonyl (C=O) groups is 1. The monoisotopic (exact) mass is 404 g/mol. The van der Waals surface area contributed by atoms with Crippen molar-refractivity contribution in [2.75, 3.05) is 12.3 Å². The Morgan fingerprint density at radius 2 is 2.00 bits per heavy atom. The molecule has 3 heterocycles. The zero-order valence-electron chi connectivity index (χ0n) is 15.8. The SMILES string of the molecule is Nc1nc(-c2ccccc2)nnc1C(=O)N1CCCC1c1noc2cc(F)ccc12. The number of fused-ring (bicyclic) bond motifs is 1. The normalized spacial score (nSPS) is 16.3. The number of hydrogen-bond acceptors (Lipinski definition) is 7. The molecule has 1 fully saturated rings. The van der Waals surface area contributed by atoms with E-state index in [1.807, 2.05) is 30.3 Å². The molecule has 1 aliphatic rings. The van der Waals surface area contributed by atoms with Crippen LogP contribution in [0.4, 0.5) is 10.2 Å². The van der Waals surface area contributed by atoms with E-state index < -0.39 is 5.82 Å². The van der Waals surface area contributed by atoms with Gasteiger partial charge in [0.15, 0.2) is 22.9 Å². The summed E-state index contributed by atoms with van der Waals surface area (Å²) in [7, 11) is 0. The number of likely N-dealkylation sites (tertiary alicyclic amines) is 1. The van der Waals surface area contributed by atoms with Crippen LogP contribution in [-0.2, 0) is 0 Å². The summed E-state index contributed by atoms with van der Waals surface area (Å²) in [4.78, 5) is 19.1. The predicted octanol–water partition coefficient (Wildman–Crippen LogP) is 3.38. The van der Waals surface area contributed by atoms with Gasteiger partial charge in [-0.3, -0.25) is 4.79 Å². The topological polar surface area (TPSA) is 111 Å². The van der Waals surface area contributed by atoms with Crippen molar-refractivity contribution in [2.24, 2.45) is 0 Å². The average Bonchev–Trinajstić information content (AvgIpc) is 3.40. The van der Waals surface area contributed by atoms with Crippen LogP contribution in [-0.4, -0.2) is 37.7 Å². The number of nitrogen functional groups attached to an aromatic ring is 1. The number of hydrogen-bond donors (Lipinski definition) is 1. The van der Waals surface area contributed by atoms with Gasteiger partial charge in [-0.1, -0.05) is 35.5 Å². The molecule has 1 unspecified atom stereocenters. The highest BCUT2D eigenvalue weighted by molar-refractivity contribution is 5.97. The highest BCUT2D eigenvalue weighted by Gasteiger charge is 2.35. The first-order valence-electron chi connectivity index (χ1n) is 9.53. The van der Waals surface area contributed by atoms with E-state index in [0.717, 1.165) is 12.0 Å². The summed E-state index contributed by atoms with van der Waals surface area (Å²) in [5.41, 5.74) is 7.76. The summed E-state index contributed by atoms with van der Waals surface area (Å²) in [6, 6.07) is 13.2. The number of rotatable bonds is 3. The van der Waals surface area contributed by atoms with Crippen LogP contribution in [0.25, 0.3) is 22.4 Å². The first kappa shape index (κ1) is 18.2. The Labute approximate surface area is 170 Å². The Kier molecular flexibility index (Phi) is 4.35. The molecule has 30 heavy (non-hydrogen) atoms. The first-order chi connectivity index (χ1) is 14.6. The second-order valence-corrected chi connectivity index (χ2v) is 7.10. The molecule has 9 heteroatoms. The number of nitrogens with zero attached hydrogens (tertiary/aromatic N) is 5. The van der Waals surface area contributed by atoms with E-state index in [0.29, 0.717) is 35.5 Å². The molecule has 1 aliphatic heterocycles. The minimum atomic E-state index is -0.405. The van der Waals surface area contributed by atoms with Crippen molar-refractivity contribution in [3.63, 3.8) is 0 Å². The summed E-state index contributed by atoms with van der Waals surface area (Å²) >= 11 is 0. The van der Waals surface area contributed by atoms with E-state index in [1.165, 1.54) is 12.1 Å². The summed E-state index contributed by atoms with van der Waals surface area (Å²) < 4.78 is 18.7. The van der Waals surface area contributed by atoms with Gasteiger partial charge in [-0.05, 0) is 25.0 Å². The lowest BCUT2D eigenvalue weighted by atomic mass is 10.1. The molecule has 2 N–H and O–H groups in total. The van der Waals surface area contributed by atoms with Gasteiger partial charge in [-0.2, -0.15) is 0 Å². The van der Waals surface area contributed by atoms with Gasteiger partial charge in [-0.15, -0.1) is 10.2 Å². The Bertz CT molecular complexity index is 1240. The van der Waals surface area contributed by atoms with Gasteiger partial charge in [-0.25, -0.2) is 9.37 Å². The molecule has 0 saturated carbocycles. The molecule has 0 radical (unpaired) electrons. The highest BCUT2D eigenvalue weighted by atomic mass is 19.1. The Balaban J connectivity index is 1.46. The fourth-order valence-corrected chi connectivity index (χ4v) is 3.80. The molecule has 4 aromatic rings. The number of aromatic nitrogens is 4. The van der Waals surface area contributed by atoms with Crippen LogP contribution in [0.2, 0.25) is 0 Å². The molecule has 2 aromatic heterocycles. The lowest BCUT2D eigenvalue weighted by Gasteiger charge is -2.23. The third kappa shape index (κ3) is 3.04. The van der Waals surface area contributed by atoms with Crippen LogP contribution >= 0.6 is 0 Å². The van der Waals surface area contributed by atoms with Crippen molar-refractivity contribution < 1.29 is 13.7 Å². The van der Waals surface area contributed by atoms with E-state index in [1.54, 1.807) is 11.0 Å². The van der Waals surface area contributed by atoms with E-state index >= 15 is 0 Å². The van der Waals surface area contributed by atoms with Crippen molar-refractivity contribution in [3.8, 4) is 11.4 Å². The van der Waals surface area contributed by atoms with Crippen LogP contribution in [0, 0.1) is 5.82 Å². The number of amides is 1. The molecule has 0 aliphatic carbocycles.